The van der Waals surface area contributed by atoms with Crippen molar-refractivity contribution in [3.05, 3.63) is 59.9 Å². The molecule has 0 spiro atoms. The van der Waals surface area contributed by atoms with Crippen molar-refractivity contribution in [2.75, 3.05) is 11.9 Å². The van der Waals surface area contributed by atoms with Gasteiger partial charge in [0.05, 0.1) is 6.21 Å². The predicted molar refractivity (Wildman–Crippen MR) is 88.9 cm³/mol. The molecule has 2 rings (SSSR count). The molecule has 114 valence electrons. The lowest BCUT2D eigenvalue weighted by molar-refractivity contribution is -0.121. The van der Waals surface area contributed by atoms with Crippen molar-refractivity contribution in [3.8, 4) is 0 Å². The van der Waals surface area contributed by atoms with E-state index in [0.717, 1.165) is 24.2 Å². The molecule has 0 radical (unpaired) electrons. The number of carbonyl (C=O) groups is 1. The highest BCUT2D eigenvalue weighted by Gasteiger charge is 1.99. The number of aryl methyl sites for hydroxylation is 1. The second kappa shape index (κ2) is 8.56. The van der Waals surface area contributed by atoms with Crippen LogP contribution in [0.2, 0.25) is 0 Å². The highest BCUT2D eigenvalue weighted by Crippen LogP contribution is 2.09. The molecule has 0 bridgehead atoms. The van der Waals surface area contributed by atoms with Gasteiger partial charge in [0.1, 0.15) is 0 Å². The summed E-state index contributed by atoms with van der Waals surface area (Å²) in [6, 6.07) is 11.9. The summed E-state index contributed by atoms with van der Waals surface area (Å²) < 4.78 is 0. The van der Waals surface area contributed by atoms with E-state index < -0.39 is 0 Å². The third kappa shape index (κ3) is 5.75. The first-order chi connectivity index (χ1) is 10.7. The summed E-state index contributed by atoms with van der Waals surface area (Å²) in [4.78, 5) is 15.6. The van der Waals surface area contributed by atoms with Crippen LogP contribution in [-0.4, -0.2) is 23.7 Å². The highest BCUT2D eigenvalue weighted by molar-refractivity contribution is 5.81. The molecule has 0 atom stereocenters. The van der Waals surface area contributed by atoms with Gasteiger partial charge in [-0.2, -0.15) is 5.10 Å². The predicted octanol–water partition coefficient (Wildman–Crippen LogP) is 2.73. The first-order valence-electron chi connectivity index (χ1n) is 7.26. The third-order valence-corrected chi connectivity index (χ3v) is 3.02. The van der Waals surface area contributed by atoms with E-state index in [1.165, 1.54) is 5.56 Å². The fourth-order valence-corrected chi connectivity index (χ4v) is 1.92. The van der Waals surface area contributed by atoms with Crippen molar-refractivity contribution >= 4 is 17.8 Å². The van der Waals surface area contributed by atoms with Crippen molar-refractivity contribution in [2.45, 2.75) is 19.8 Å². The van der Waals surface area contributed by atoms with Crippen molar-refractivity contribution in [1.82, 2.24) is 10.4 Å². The number of hydrogen-bond acceptors (Lipinski definition) is 4. The third-order valence-electron chi connectivity index (χ3n) is 3.02. The number of pyridine rings is 1. The molecule has 5 nitrogen and oxygen atoms in total. The minimum atomic E-state index is -0.0915. The Kier molecular flexibility index (Phi) is 6.11. The summed E-state index contributed by atoms with van der Waals surface area (Å²) in [5.41, 5.74) is 5.66. The van der Waals surface area contributed by atoms with Gasteiger partial charge < -0.3 is 5.32 Å². The van der Waals surface area contributed by atoms with E-state index in [4.69, 9.17) is 0 Å². The molecule has 1 aromatic carbocycles. The van der Waals surface area contributed by atoms with E-state index in [9.17, 15) is 4.79 Å². The lowest BCUT2D eigenvalue weighted by atomic mass is 10.2. The average Bonchev–Trinajstić information content (AvgIpc) is 2.53. The van der Waals surface area contributed by atoms with E-state index in [1.54, 1.807) is 18.6 Å². The fraction of sp³-hybridized carbons (Fsp3) is 0.235. The largest absolute Gasteiger partial charge is 0.385 e. The molecule has 22 heavy (non-hydrogen) atoms. The van der Waals surface area contributed by atoms with Gasteiger partial charge in [0.15, 0.2) is 0 Å². The van der Waals surface area contributed by atoms with Gasteiger partial charge in [-0.15, -0.1) is 0 Å². The first-order valence-corrected chi connectivity index (χ1v) is 7.26. The van der Waals surface area contributed by atoms with Crippen LogP contribution in [-0.2, 0) is 4.79 Å². The van der Waals surface area contributed by atoms with Crippen LogP contribution in [0.15, 0.2) is 53.9 Å². The Morgan fingerprint density at radius 3 is 3.00 bits per heavy atom. The number of benzene rings is 1. The Balaban J connectivity index is 1.63. The van der Waals surface area contributed by atoms with Crippen LogP contribution in [0.1, 0.15) is 24.0 Å². The van der Waals surface area contributed by atoms with E-state index in [0.29, 0.717) is 6.42 Å². The molecule has 0 fully saturated rings. The van der Waals surface area contributed by atoms with Gasteiger partial charge in [0, 0.05) is 36.6 Å². The number of aromatic nitrogens is 1. The minimum absolute atomic E-state index is 0.0915. The summed E-state index contributed by atoms with van der Waals surface area (Å²) in [5.74, 6) is -0.0915. The van der Waals surface area contributed by atoms with Crippen LogP contribution in [0.25, 0.3) is 0 Å². The fourth-order valence-electron chi connectivity index (χ4n) is 1.92. The number of rotatable bonds is 7. The topological polar surface area (TPSA) is 66.4 Å². The Morgan fingerprint density at radius 1 is 1.32 bits per heavy atom. The first kappa shape index (κ1) is 15.7. The maximum atomic E-state index is 11.6. The second-order valence-corrected chi connectivity index (χ2v) is 4.98. The Bertz CT molecular complexity index is 626. The quantitative estimate of drug-likeness (QED) is 0.469. The summed E-state index contributed by atoms with van der Waals surface area (Å²) in [6.07, 6.45) is 6.14. The summed E-state index contributed by atoms with van der Waals surface area (Å²) >= 11 is 0. The molecule has 0 aliphatic heterocycles. The Morgan fingerprint density at radius 2 is 2.23 bits per heavy atom. The highest BCUT2D eigenvalue weighted by atomic mass is 16.2. The van der Waals surface area contributed by atoms with Crippen LogP contribution in [0.5, 0.6) is 0 Å². The van der Waals surface area contributed by atoms with Gasteiger partial charge in [-0.25, -0.2) is 5.43 Å². The van der Waals surface area contributed by atoms with Crippen LogP contribution in [0, 0.1) is 6.92 Å². The number of hydrazone groups is 1. The number of amides is 1. The van der Waals surface area contributed by atoms with E-state index in [2.05, 4.69) is 39.9 Å². The van der Waals surface area contributed by atoms with Crippen LogP contribution >= 0.6 is 0 Å². The van der Waals surface area contributed by atoms with Crippen LogP contribution in [0.3, 0.4) is 0 Å². The van der Waals surface area contributed by atoms with Gasteiger partial charge in [-0.3, -0.25) is 9.78 Å². The molecule has 5 heteroatoms. The lowest BCUT2D eigenvalue weighted by Gasteiger charge is -2.06. The van der Waals surface area contributed by atoms with Crippen molar-refractivity contribution in [3.63, 3.8) is 0 Å². The van der Waals surface area contributed by atoms with E-state index in [1.807, 2.05) is 24.3 Å². The van der Waals surface area contributed by atoms with E-state index >= 15 is 0 Å². The summed E-state index contributed by atoms with van der Waals surface area (Å²) in [7, 11) is 0. The van der Waals surface area contributed by atoms with Crippen molar-refractivity contribution in [1.29, 1.82) is 0 Å². The van der Waals surface area contributed by atoms with Crippen molar-refractivity contribution in [2.24, 2.45) is 5.10 Å². The minimum Gasteiger partial charge on any atom is -0.385 e. The normalized spacial score (nSPS) is 10.6. The molecule has 0 aliphatic rings. The zero-order valence-electron chi connectivity index (χ0n) is 12.6. The Labute approximate surface area is 130 Å². The molecule has 0 saturated heterocycles. The zero-order valence-corrected chi connectivity index (χ0v) is 12.6. The zero-order chi connectivity index (χ0) is 15.6. The maximum Gasteiger partial charge on any atom is 0.240 e. The average molecular weight is 296 g/mol. The van der Waals surface area contributed by atoms with Gasteiger partial charge in [0.2, 0.25) is 5.91 Å². The lowest BCUT2D eigenvalue weighted by Crippen LogP contribution is -2.18. The number of anilines is 1. The van der Waals surface area contributed by atoms with Crippen molar-refractivity contribution < 1.29 is 4.79 Å². The molecule has 0 aliphatic carbocycles. The van der Waals surface area contributed by atoms with Gasteiger partial charge >= 0.3 is 0 Å². The number of carbonyl (C=O) groups excluding carboxylic acids is 1. The summed E-state index contributed by atoms with van der Waals surface area (Å²) in [6.45, 7) is 2.81. The van der Waals surface area contributed by atoms with Crippen LogP contribution in [0.4, 0.5) is 5.69 Å². The smallest absolute Gasteiger partial charge is 0.240 e. The van der Waals surface area contributed by atoms with Gasteiger partial charge in [-0.1, -0.05) is 18.2 Å². The molecule has 1 aromatic heterocycles. The molecular weight excluding hydrogens is 276 g/mol. The Hall–Kier alpha value is -2.69. The monoisotopic (exact) mass is 296 g/mol. The maximum absolute atomic E-state index is 11.6. The molecule has 1 heterocycles. The van der Waals surface area contributed by atoms with E-state index in [-0.39, 0.29) is 5.91 Å². The summed E-state index contributed by atoms with van der Waals surface area (Å²) in [5, 5.41) is 7.20. The van der Waals surface area contributed by atoms with Gasteiger partial charge in [-0.05, 0) is 37.1 Å². The van der Waals surface area contributed by atoms with Crippen LogP contribution < -0.4 is 10.7 Å². The standard InChI is InChI=1S/C17H20N4O/c1-14-5-2-7-16(11-14)19-10-4-8-17(22)21-20-13-15-6-3-9-18-12-15/h2-3,5-7,9,11-13,19H,4,8,10H2,1H3,(H,21,22)/b20-13+. The molecule has 2 N–H and O–H groups in total. The SMILES string of the molecule is Cc1cccc(NCCCC(=O)N/N=C/c2cccnc2)c1. The molecule has 0 unspecified atom stereocenters. The molecule has 2 aromatic rings. The number of hydrogen-bond donors (Lipinski definition) is 2. The second-order valence-electron chi connectivity index (χ2n) is 4.98. The number of nitrogens with zero attached hydrogens (tertiary/aromatic N) is 2. The number of nitrogens with one attached hydrogen (secondary N) is 2. The molecule has 0 saturated carbocycles. The molecule has 1 amide bonds. The molecular formula is C17H20N4O. The van der Waals surface area contributed by atoms with Gasteiger partial charge in [0.25, 0.3) is 0 Å².